The fourth-order valence-corrected chi connectivity index (χ4v) is 3.64. The van der Waals surface area contributed by atoms with Crippen molar-refractivity contribution in [1.82, 2.24) is 4.98 Å². The highest BCUT2D eigenvalue weighted by Crippen LogP contribution is 2.28. The highest BCUT2D eigenvalue weighted by molar-refractivity contribution is 7.22. The van der Waals surface area contributed by atoms with Crippen molar-refractivity contribution in [3.05, 3.63) is 54.6 Å². The van der Waals surface area contributed by atoms with Crippen LogP contribution >= 0.6 is 11.3 Å². The van der Waals surface area contributed by atoms with Crippen LogP contribution in [0.1, 0.15) is 6.42 Å². The number of carbonyl (C=O) groups is 1. The van der Waals surface area contributed by atoms with E-state index in [1.165, 1.54) is 4.90 Å². The summed E-state index contributed by atoms with van der Waals surface area (Å²) in [6.07, 6.45) is 0.912. The van der Waals surface area contributed by atoms with Crippen molar-refractivity contribution in [2.75, 3.05) is 38.7 Å². The number of hydrogen-bond acceptors (Lipinski definition) is 4. The zero-order valence-electron chi connectivity index (χ0n) is 15.1. The number of anilines is 1. The molecule has 3 rings (SSSR count). The number of thiazole rings is 1. The van der Waals surface area contributed by atoms with Gasteiger partial charge in [-0.3, -0.25) is 9.69 Å². The van der Waals surface area contributed by atoms with Crippen molar-refractivity contribution in [3.63, 3.8) is 0 Å². The Bertz CT molecular complexity index is 815. The number of amides is 1. The van der Waals surface area contributed by atoms with E-state index in [0.717, 1.165) is 28.3 Å². The zero-order valence-corrected chi connectivity index (χ0v) is 16.0. The van der Waals surface area contributed by atoms with E-state index in [-0.39, 0.29) is 12.5 Å². The van der Waals surface area contributed by atoms with E-state index >= 15 is 0 Å². The molecule has 1 amide bonds. The summed E-state index contributed by atoms with van der Waals surface area (Å²) >= 11 is 1.55. The van der Waals surface area contributed by atoms with Crippen molar-refractivity contribution in [2.24, 2.45) is 0 Å². The molecule has 0 aliphatic heterocycles. The average molecular weight is 370 g/mol. The summed E-state index contributed by atoms with van der Waals surface area (Å²) in [5.74, 6) is 0.629. The number of quaternary nitrogens is 1. The van der Waals surface area contributed by atoms with Crippen LogP contribution in [0.15, 0.2) is 54.6 Å². The summed E-state index contributed by atoms with van der Waals surface area (Å²) in [6.45, 7) is 1.64. The third-order valence-electron chi connectivity index (χ3n) is 3.98. The van der Waals surface area contributed by atoms with Gasteiger partial charge in [-0.15, -0.1) is 0 Å². The number of nitrogens with one attached hydrogen (secondary N) is 1. The molecule has 0 unspecified atom stereocenters. The Morgan fingerprint density at radius 2 is 1.85 bits per heavy atom. The number of fused-ring (bicyclic) bond motifs is 1. The molecule has 0 radical (unpaired) electrons. The highest BCUT2D eigenvalue weighted by atomic mass is 32.1. The largest absolute Gasteiger partial charge is 0.484 e. The molecule has 5 nitrogen and oxygen atoms in total. The Balaban J connectivity index is 1.74. The number of rotatable bonds is 8. The minimum absolute atomic E-state index is 0.00869. The maximum Gasteiger partial charge on any atom is 0.266 e. The molecule has 0 saturated carbocycles. The van der Waals surface area contributed by atoms with E-state index in [4.69, 9.17) is 4.74 Å². The number of nitrogens with zero attached hydrogens (tertiary/aromatic N) is 2. The first-order valence-corrected chi connectivity index (χ1v) is 9.58. The number of hydrogen-bond donors (Lipinski definition) is 1. The first-order valence-electron chi connectivity index (χ1n) is 8.76. The van der Waals surface area contributed by atoms with Gasteiger partial charge in [-0.2, -0.15) is 0 Å². The highest BCUT2D eigenvalue weighted by Gasteiger charge is 2.20. The second-order valence-corrected chi connectivity index (χ2v) is 7.43. The van der Waals surface area contributed by atoms with E-state index in [1.54, 1.807) is 16.2 Å². The first-order chi connectivity index (χ1) is 12.6. The second kappa shape index (κ2) is 8.78. The number of para-hydroxylation sites is 2. The van der Waals surface area contributed by atoms with Crippen LogP contribution < -0.4 is 14.5 Å². The number of carbonyl (C=O) groups excluding carboxylic acids is 1. The fraction of sp³-hybridized carbons (Fsp3) is 0.300. The molecular weight excluding hydrogens is 346 g/mol. The van der Waals surface area contributed by atoms with Crippen LogP contribution in [0.25, 0.3) is 10.2 Å². The molecule has 0 aliphatic rings. The number of ether oxygens (including phenoxy) is 1. The lowest BCUT2D eigenvalue weighted by Crippen LogP contribution is -3.05. The topological polar surface area (TPSA) is 46.9 Å². The quantitative estimate of drug-likeness (QED) is 0.662. The number of benzene rings is 2. The average Bonchev–Trinajstić information content (AvgIpc) is 3.07. The maximum atomic E-state index is 12.8. The van der Waals surface area contributed by atoms with Crippen molar-refractivity contribution in [2.45, 2.75) is 6.42 Å². The van der Waals surface area contributed by atoms with Gasteiger partial charge in [-0.25, -0.2) is 4.98 Å². The fourth-order valence-electron chi connectivity index (χ4n) is 2.63. The van der Waals surface area contributed by atoms with Gasteiger partial charge >= 0.3 is 0 Å². The van der Waals surface area contributed by atoms with E-state index in [9.17, 15) is 4.79 Å². The molecule has 0 bridgehead atoms. The third-order valence-corrected chi connectivity index (χ3v) is 5.04. The minimum atomic E-state index is -0.0679. The van der Waals surface area contributed by atoms with Gasteiger partial charge in [0.15, 0.2) is 11.7 Å². The molecule has 0 atom stereocenters. The van der Waals surface area contributed by atoms with Gasteiger partial charge in [0.2, 0.25) is 0 Å². The molecular formula is C20H24N3O2S+. The second-order valence-electron chi connectivity index (χ2n) is 6.42. The van der Waals surface area contributed by atoms with Gasteiger partial charge in [0, 0.05) is 13.0 Å². The molecule has 1 aromatic heterocycles. The Labute approximate surface area is 157 Å². The van der Waals surface area contributed by atoms with Crippen molar-refractivity contribution in [1.29, 1.82) is 0 Å². The molecule has 1 heterocycles. The third kappa shape index (κ3) is 4.80. The summed E-state index contributed by atoms with van der Waals surface area (Å²) in [7, 11) is 4.23. The van der Waals surface area contributed by atoms with Crippen LogP contribution in [0.5, 0.6) is 5.75 Å². The van der Waals surface area contributed by atoms with Crippen LogP contribution in [0, 0.1) is 0 Å². The Morgan fingerprint density at radius 1 is 1.12 bits per heavy atom. The maximum absolute atomic E-state index is 12.8. The molecule has 0 fully saturated rings. The van der Waals surface area contributed by atoms with Crippen LogP contribution in [0.4, 0.5) is 5.13 Å². The first kappa shape index (κ1) is 18.4. The van der Waals surface area contributed by atoms with Gasteiger partial charge in [-0.05, 0) is 24.3 Å². The molecule has 1 N–H and O–H groups in total. The Hall–Kier alpha value is -2.44. The van der Waals surface area contributed by atoms with Crippen LogP contribution in [0.2, 0.25) is 0 Å². The monoisotopic (exact) mass is 370 g/mol. The van der Waals surface area contributed by atoms with E-state index < -0.39 is 0 Å². The van der Waals surface area contributed by atoms with Crippen molar-refractivity contribution >= 4 is 32.6 Å². The lowest BCUT2D eigenvalue weighted by molar-refractivity contribution is -0.858. The summed E-state index contributed by atoms with van der Waals surface area (Å²) in [6, 6.07) is 17.4. The summed E-state index contributed by atoms with van der Waals surface area (Å²) < 4.78 is 6.74. The zero-order chi connectivity index (χ0) is 18.4. The van der Waals surface area contributed by atoms with E-state index in [0.29, 0.717) is 12.3 Å². The summed E-state index contributed by atoms with van der Waals surface area (Å²) in [4.78, 5) is 20.6. The summed E-state index contributed by atoms with van der Waals surface area (Å²) in [5, 5.41) is 0.738. The summed E-state index contributed by atoms with van der Waals surface area (Å²) in [5.41, 5.74) is 0.924. The van der Waals surface area contributed by atoms with Gasteiger partial charge in [0.05, 0.1) is 30.9 Å². The van der Waals surface area contributed by atoms with Gasteiger partial charge in [0.1, 0.15) is 5.75 Å². The van der Waals surface area contributed by atoms with Crippen molar-refractivity contribution in [3.8, 4) is 5.75 Å². The van der Waals surface area contributed by atoms with Crippen LogP contribution in [-0.2, 0) is 4.79 Å². The van der Waals surface area contributed by atoms with Gasteiger partial charge in [0.25, 0.3) is 5.91 Å². The standard InChI is InChI=1S/C20H23N3O2S/c1-22(2)13-8-14-23(19(24)15-25-16-9-4-3-5-10-16)20-21-17-11-6-7-12-18(17)26-20/h3-7,9-12H,8,13-15H2,1-2H3/p+1. The Morgan fingerprint density at radius 3 is 2.58 bits per heavy atom. The molecule has 6 heteroatoms. The molecule has 0 saturated heterocycles. The predicted molar refractivity (Wildman–Crippen MR) is 106 cm³/mol. The molecule has 136 valence electrons. The van der Waals surface area contributed by atoms with E-state index in [1.807, 2.05) is 54.6 Å². The molecule has 3 aromatic rings. The lowest BCUT2D eigenvalue weighted by atomic mass is 10.3. The van der Waals surface area contributed by atoms with E-state index in [2.05, 4.69) is 19.1 Å². The van der Waals surface area contributed by atoms with Crippen LogP contribution in [-0.4, -0.2) is 44.7 Å². The smallest absolute Gasteiger partial charge is 0.266 e. The Kier molecular flexibility index (Phi) is 6.20. The lowest BCUT2D eigenvalue weighted by Gasteiger charge is -2.20. The number of aromatic nitrogens is 1. The molecule has 0 spiro atoms. The normalized spacial score (nSPS) is 11.0. The van der Waals surface area contributed by atoms with Crippen molar-refractivity contribution < 1.29 is 14.4 Å². The predicted octanol–water partition coefficient (Wildman–Crippen LogP) is 2.24. The molecule has 2 aromatic carbocycles. The van der Waals surface area contributed by atoms with Gasteiger partial charge in [-0.1, -0.05) is 41.7 Å². The molecule has 26 heavy (non-hydrogen) atoms. The molecule has 0 aliphatic carbocycles. The van der Waals surface area contributed by atoms with Gasteiger partial charge < -0.3 is 9.64 Å². The van der Waals surface area contributed by atoms with Crippen LogP contribution in [0.3, 0.4) is 0 Å². The minimum Gasteiger partial charge on any atom is -0.484 e. The SMILES string of the molecule is C[NH+](C)CCCN(C(=O)COc1ccccc1)c1nc2ccccc2s1.